The molecule has 3 rings (SSSR count). The maximum absolute atomic E-state index is 12.7. The average molecular weight is 375 g/mol. The lowest BCUT2D eigenvalue weighted by Crippen LogP contribution is -2.21. The Hall–Kier alpha value is -2.91. The number of nitrogens with zero attached hydrogens (tertiary/aromatic N) is 3. The van der Waals surface area contributed by atoms with Crippen molar-refractivity contribution in [2.75, 3.05) is 24.0 Å². The third kappa shape index (κ3) is 3.39. The van der Waals surface area contributed by atoms with Gasteiger partial charge in [-0.15, -0.1) is 0 Å². The number of carbonyl (C=O) groups excluding carboxylic acids is 1. The molecule has 0 unspecified atom stereocenters. The topological polar surface area (TPSA) is 103 Å². The van der Waals surface area contributed by atoms with Crippen molar-refractivity contribution in [3.05, 3.63) is 47.7 Å². The number of hydrazone groups is 1. The largest absolute Gasteiger partial charge is 0.441 e. The lowest BCUT2D eigenvalue weighted by Gasteiger charge is -2.11. The number of carbonyl (C=O) groups is 1. The second-order valence-electron chi connectivity index (χ2n) is 5.90. The second-order valence-corrected chi connectivity index (χ2v) is 7.32. The van der Waals surface area contributed by atoms with E-state index in [1.165, 1.54) is 29.3 Å². The van der Waals surface area contributed by atoms with E-state index in [-0.39, 0.29) is 10.8 Å². The first kappa shape index (κ1) is 17.9. The van der Waals surface area contributed by atoms with Gasteiger partial charge < -0.3 is 9.32 Å². The minimum atomic E-state index is -4.29. The van der Waals surface area contributed by atoms with Crippen LogP contribution in [0, 0.1) is 0 Å². The molecule has 2 heterocycles. The van der Waals surface area contributed by atoms with E-state index in [0.717, 1.165) is 0 Å². The lowest BCUT2D eigenvalue weighted by molar-refractivity contribution is -0.114. The van der Waals surface area contributed by atoms with E-state index < -0.39 is 10.1 Å². The summed E-state index contributed by atoms with van der Waals surface area (Å²) in [5.74, 6) is 0.828. The Balaban J connectivity index is 1.89. The standard InChI is InChI=1S/C17H17N3O5S/c1-11-15(10-13-6-9-16(25-13)19(2)3)17(21)20(18-11)12-4-7-14(8-5-12)26(22,23)24/h4-10H,1-3H3,(H,22,23,24). The molecule has 1 amide bonds. The Morgan fingerprint density at radius 2 is 1.81 bits per heavy atom. The highest BCUT2D eigenvalue weighted by Gasteiger charge is 2.29. The molecule has 26 heavy (non-hydrogen) atoms. The van der Waals surface area contributed by atoms with Crippen LogP contribution >= 0.6 is 0 Å². The number of amides is 1. The number of furan rings is 1. The van der Waals surface area contributed by atoms with Crippen molar-refractivity contribution in [3.8, 4) is 0 Å². The Bertz CT molecular complexity index is 1020. The SMILES string of the molecule is CC1=NN(c2ccc(S(=O)(=O)O)cc2)C(=O)C1=Cc1ccc(N(C)C)o1. The fraction of sp³-hybridized carbons (Fsp3) is 0.176. The highest BCUT2D eigenvalue weighted by Crippen LogP contribution is 2.27. The maximum Gasteiger partial charge on any atom is 0.294 e. The predicted octanol–water partition coefficient (Wildman–Crippen LogP) is 2.40. The number of anilines is 2. The smallest absolute Gasteiger partial charge is 0.294 e. The quantitative estimate of drug-likeness (QED) is 0.650. The fourth-order valence-electron chi connectivity index (χ4n) is 2.42. The molecule has 8 nitrogen and oxygen atoms in total. The molecule has 1 aromatic heterocycles. The van der Waals surface area contributed by atoms with Crippen LogP contribution < -0.4 is 9.91 Å². The van der Waals surface area contributed by atoms with Gasteiger partial charge in [-0.25, -0.2) is 0 Å². The molecule has 136 valence electrons. The average Bonchev–Trinajstić information content (AvgIpc) is 3.15. The summed E-state index contributed by atoms with van der Waals surface area (Å²) in [7, 11) is -0.594. The third-order valence-corrected chi connectivity index (χ3v) is 4.65. The van der Waals surface area contributed by atoms with Gasteiger partial charge in [-0.3, -0.25) is 9.35 Å². The van der Waals surface area contributed by atoms with E-state index in [1.54, 1.807) is 25.1 Å². The fourth-order valence-corrected chi connectivity index (χ4v) is 2.90. The molecule has 9 heteroatoms. The molecule has 1 aliphatic heterocycles. The van der Waals surface area contributed by atoms with Gasteiger partial charge in [-0.2, -0.15) is 18.5 Å². The summed E-state index contributed by atoms with van der Waals surface area (Å²) in [4.78, 5) is 14.2. The lowest BCUT2D eigenvalue weighted by atomic mass is 10.1. The van der Waals surface area contributed by atoms with Gasteiger partial charge in [0, 0.05) is 20.2 Å². The number of hydrogen-bond acceptors (Lipinski definition) is 6. The first-order valence-corrected chi connectivity index (χ1v) is 9.07. The van der Waals surface area contributed by atoms with Crippen LogP contribution in [0.2, 0.25) is 0 Å². The molecule has 1 N–H and O–H groups in total. The van der Waals surface area contributed by atoms with Crippen molar-refractivity contribution in [1.82, 2.24) is 0 Å². The first-order valence-electron chi connectivity index (χ1n) is 7.63. The van der Waals surface area contributed by atoms with E-state index >= 15 is 0 Å². The van der Waals surface area contributed by atoms with Gasteiger partial charge in [-0.1, -0.05) is 0 Å². The maximum atomic E-state index is 12.7. The third-order valence-electron chi connectivity index (χ3n) is 3.78. The summed E-state index contributed by atoms with van der Waals surface area (Å²) in [5.41, 5.74) is 1.28. The van der Waals surface area contributed by atoms with Crippen LogP contribution in [0.4, 0.5) is 11.6 Å². The van der Waals surface area contributed by atoms with Crippen LogP contribution in [-0.2, 0) is 14.9 Å². The summed E-state index contributed by atoms with van der Waals surface area (Å²) in [6.45, 7) is 1.70. The molecule has 1 aliphatic rings. The van der Waals surface area contributed by atoms with Crippen LogP contribution in [0.3, 0.4) is 0 Å². The zero-order chi connectivity index (χ0) is 19.1. The Kier molecular flexibility index (Phi) is 4.43. The summed E-state index contributed by atoms with van der Waals surface area (Å²) >= 11 is 0. The van der Waals surface area contributed by atoms with Crippen LogP contribution in [0.1, 0.15) is 12.7 Å². The van der Waals surface area contributed by atoms with Gasteiger partial charge in [0.05, 0.1) is 21.9 Å². The minimum Gasteiger partial charge on any atom is -0.441 e. The van der Waals surface area contributed by atoms with Gasteiger partial charge in [-0.05, 0) is 43.3 Å². The zero-order valence-electron chi connectivity index (χ0n) is 14.4. The van der Waals surface area contributed by atoms with Crippen molar-refractivity contribution in [1.29, 1.82) is 0 Å². The molecule has 0 spiro atoms. The van der Waals surface area contributed by atoms with Crippen LogP contribution in [0.15, 0.2) is 56.4 Å². The van der Waals surface area contributed by atoms with E-state index in [2.05, 4.69) is 5.10 Å². The normalized spacial score (nSPS) is 16.3. The van der Waals surface area contributed by atoms with Gasteiger partial charge in [0.1, 0.15) is 5.76 Å². The van der Waals surface area contributed by atoms with E-state index in [1.807, 2.05) is 19.0 Å². The molecule has 1 aromatic carbocycles. The minimum absolute atomic E-state index is 0.254. The van der Waals surface area contributed by atoms with E-state index in [9.17, 15) is 13.2 Å². The van der Waals surface area contributed by atoms with Crippen molar-refractivity contribution >= 4 is 39.4 Å². The summed E-state index contributed by atoms with van der Waals surface area (Å²) < 4.78 is 36.9. The summed E-state index contributed by atoms with van der Waals surface area (Å²) in [6, 6.07) is 8.77. The molecule has 0 aliphatic carbocycles. The van der Waals surface area contributed by atoms with Gasteiger partial charge in [0.25, 0.3) is 16.0 Å². The number of benzene rings is 1. The van der Waals surface area contributed by atoms with Gasteiger partial charge in [0.15, 0.2) is 5.88 Å². The van der Waals surface area contributed by atoms with Crippen LogP contribution in [0.5, 0.6) is 0 Å². The van der Waals surface area contributed by atoms with Crippen LogP contribution in [-0.4, -0.2) is 38.7 Å². The number of hydrogen-bond donors (Lipinski definition) is 1. The zero-order valence-corrected chi connectivity index (χ0v) is 15.2. The van der Waals surface area contributed by atoms with Crippen molar-refractivity contribution in [3.63, 3.8) is 0 Å². The van der Waals surface area contributed by atoms with Crippen molar-refractivity contribution < 1.29 is 22.2 Å². The molecule has 0 atom stereocenters. The molecule has 0 fully saturated rings. The van der Waals surface area contributed by atoms with Crippen LogP contribution in [0.25, 0.3) is 6.08 Å². The predicted molar refractivity (Wildman–Crippen MR) is 97.9 cm³/mol. The van der Waals surface area contributed by atoms with Gasteiger partial charge in [0.2, 0.25) is 0 Å². The molecule has 0 saturated carbocycles. The number of rotatable bonds is 4. The highest BCUT2D eigenvalue weighted by atomic mass is 32.2. The Morgan fingerprint density at radius 3 is 2.35 bits per heavy atom. The highest BCUT2D eigenvalue weighted by molar-refractivity contribution is 7.85. The molecule has 0 radical (unpaired) electrons. The van der Waals surface area contributed by atoms with E-state index in [0.29, 0.717) is 28.6 Å². The van der Waals surface area contributed by atoms with E-state index in [4.69, 9.17) is 8.97 Å². The Morgan fingerprint density at radius 1 is 1.15 bits per heavy atom. The second kappa shape index (κ2) is 6.43. The van der Waals surface area contributed by atoms with Crippen molar-refractivity contribution in [2.24, 2.45) is 5.10 Å². The molecule has 2 aromatic rings. The summed E-state index contributed by atoms with van der Waals surface area (Å²) in [6.07, 6.45) is 1.61. The molecular weight excluding hydrogens is 358 g/mol. The molecular formula is C17H17N3O5S. The Labute approximate surface area is 150 Å². The first-order chi connectivity index (χ1) is 12.2. The monoisotopic (exact) mass is 375 g/mol. The van der Waals surface area contributed by atoms with Crippen molar-refractivity contribution in [2.45, 2.75) is 11.8 Å². The van der Waals surface area contributed by atoms with Gasteiger partial charge >= 0.3 is 0 Å². The molecule has 0 saturated heterocycles. The molecule has 0 bridgehead atoms. The summed E-state index contributed by atoms with van der Waals surface area (Å²) in [5, 5.41) is 5.39.